The van der Waals surface area contributed by atoms with Gasteiger partial charge in [0.25, 0.3) is 0 Å². The number of carbonyl (C=O) groups excluding carboxylic acids is 1. The first-order chi connectivity index (χ1) is 9.66. The van der Waals surface area contributed by atoms with E-state index in [4.69, 9.17) is 0 Å². The Morgan fingerprint density at radius 1 is 1.10 bits per heavy atom. The Hall–Kier alpha value is -1.49. The number of likely N-dealkylation sites (tertiary alicyclic amines) is 1. The highest BCUT2D eigenvalue weighted by Gasteiger charge is 2.14. The third-order valence-electron chi connectivity index (χ3n) is 3.55. The van der Waals surface area contributed by atoms with Gasteiger partial charge in [0.15, 0.2) is 11.6 Å². The van der Waals surface area contributed by atoms with Crippen molar-refractivity contribution in [1.29, 1.82) is 0 Å². The third kappa shape index (κ3) is 4.27. The molecule has 1 heterocycles. The summed E-state index contributed by atoms with van der Waals surface area (Å²) in [6.45, 7) is 2.24. The van der Waals surface area contributed by atoms with Crippen molar-refractivity contribution in [2.75, 3.05) is 19.6 Å². The Morgan fingerprint density at radius 2 is 1.80 bits per heavy atom. The van der Waals surface area contributed by atoms with Crippen molar-refractivity contribution < 1.29 is 13.6 Å². The van der Waals surface area contributed by atoms with Crippen LogP contribution < -0.4 is 5.32 Å². The highest BCUT2D eigenvalue weighted by atomic mass is 19.2. The van der Waals surface area contributed by atoms with Crippen molar-refractivity contribution in [3.8, 4) is 0 Å². The number of halogens is 2. The van der Waals surface area contributed by atoms with E-state index in [1.807, 2.05) is 4.90 Å². The summed E-state index contributed by atoms with van der Waals surface area (Å²) in [4.78, 5) is 13.9. The van der Waals surface area contributed by atoms with Crippen LogP contribution in [0.5, 0.6) is 0 Å². The van der Waals surface area contributed by atoms with E-state index in [9.17, 15) is 13.6 Å². The quantitative estimate of drug-likeness (QED) is 0.920. The van der Waals surface area contributed by atoms with Crippen LogP contribution in [0, 0.1) is 11.6 Å². The standard InChI is InChI=1S/C15H20F2N2O/c16-13-6-5-12(9-14(13)17)10-18-11-15(20)19-7-3-1-2-4-8-19/h5-6,9,18H,1-4,7-8,10-11H2. The molecule has 3 nitrogen and oxygen atoms in total. The molecule has 0 aliphatic carbocycles. The first-order valence-corrected chi connectivity index (χ1v) is 7.09. The Labute approximate surface area is 118 Å². The molecule has 1 N–H and O–H groups in total. The van der Waals surface area contributed by atoms with E-state index in [1.165, 1.54) is 18.9 Å². The lowest BCUT2D eigenvalue weighted by Gasteiger charge is -2.20. The van der Waals surface area contributed by atoms with Crippen molar-refractivity contribution >= 4 is 5.91 Å². The van der Waals surface area contributed by atoms with Crippen LogP contribution in [0.15, 0.2) is 18.2 Å². The molecule has 0 unspecified atom stereocenters. The van der Waals surface area contributed by atoms with Gasteiger partial charge in [0.1, 0.15) is 0 Å². The molecule has 2 rings (SSSR count). The molecule has 1 aromatic rings. The van der Waals surface area contributed by atoms with Gasteiger partial charge in [-0.25, -0.2) is 8.78 Å². The molecule has 1 aliphatic heterocycles. The molecule has 0 atom stereocenters. The summed E-state index contributed by atoms with van der Waals surface area (Å²) < 4.78 is 25.8. The summed E-state index contributed by atoms with van der Waals surface area (Å²) in [6, 6.07) is 3.77. The maximum absolute atomic E-state index is 13.0. The molecule has 110 valence electrons. The minimum absolute atomic E-state index is 0.0782. The molecule has 1 aliphatic rings. The van der Waals surface area contributed by atoms with Crippen molar-refractivity contribution in [1.82, 2.24) is 10.2 Å². The van der Waals surface area contributed by atoms with E-state index in [0.717, 1.165) is 38.1 Å². The second-order valence-electron chi connectivity index (χ2n) is 5.15. The summed E-state index contributed by atoms with van der Waals surface area (Å²) >= 11 is 0. The van der Waals surface area contributed by atoms with Gasteiger partial charge in [-0.05, 0) is 30.5 Å². The minimum Gasteiger partial charge on any atom is -0.342 e. The number of benzene rings is 1. The zero-order chi connectivity index (χ0) is 14.4. The Kier molecular flexibility index (Phi) is 5.47. The van der Waals surface area contributed by atoms with Gasteiger partial charge in [-0.15, -0.1) is 0 Å². The fourth-order valence-electron chi connectivity index (χ4n) is 2.40. The lowest BCUT2D eigenvalue weighted by molar-refractivity contribution is -0.130. The van der Waals surface area contributed by atoms with Gasteiger partial charge < -0.3 is 10.2 Å². The first-order valence-electron chi connectivity index (χ1n) is 7.09. The van der Waals surface area contributed by atoms with Crippen molar-refractivity contribution in [2.45, 2.75) is 32.2 Å². The van der Waals surface area contributed by atoms with Gasteiger partial charge in [-0.2, -0.15) is 0 Å². The number of nitrogens with one attached hydrogen (secondary N) is 1. The lowest BCUT2D eigenvalue weighted by atomic mass is 10.2. The van der Waals surface area contributed by atoms with Gasteiger partial charge in [0.2, 0.25) is 5.91 Å². The zero-order valence-electron chi connectivity index (χ0n) is 11.5. The molecular formula is C15H20F2N2O. The molecular weight excluding hydrogens is 262 g/mol. The summed E-state index contributed by atoms with van der Waals surface area (Å²) in [5.74, 6) is -1.63. The lowest BCUT2D eigenvalue weighted by Crippen LogP contribution is -2.38. The number of nitrogens with zero attached hydrogens (tertiary/aromatic N) is 1. The van der Waals surface area contributed by atoms with E-state index in [1.54, 1.807) is 0 Å². The highest BCUT2D eigenvalue weighted by Crippen LogP contribution is 2.10. The number of rotatable bonds is 4. The SMILES string of the molecule is O=C(CNCc1ccc(F)c(F)c1)N1CCCCCC1. The third-order valence-corrected chi connectivity index (χ3v) is 3.55. The molecule has 0 bridgehead atoms. The molecule has 1 saturated heterocycles. The van der Waals surface area contributed by atoms with E-state index < -0.39 is 11.6 Å². The molecule has 0 saturated carbocycles. The monoisotopic (exact) mass is 282 g/mol. The molecule has 20 heavy (non-hydrogen) atoms. The van der Waals surface area contributed by atoms with Crippen LogP contribution in [0.1, 0.15) is 31.2 Å². The molecule has 1 fully saturated rings. The van der Waals surface area contributed by atoms with Crippen LogP contribution in [0.4, 0.5) is 8.78 Å². The molecule has 0 spiro atoms. The molecule has 1 amide bonds. The normalized spacial score (nSPS) is 16.0. The van der Waals surface area contributed by atoms with E-state index in [-0.39, 0.29) is 12.5 Å². The van der Waals surface area contributed by atoms with Gasteiger partial charge in [-0.3, -0.25) is 4.79 Å². The van der Waals surface area contributed by atoms with Crippen LogP contribution in [-0.2, 0) is 11.3 Å². The first kappa shape index (κ1) is 14.9. The van der Waals surface area contributed by atoms with Crippen LogP contribution in [0.25, 0.3) is 0 Å². The average Bonchev–Trinajstić information content (AvgIpc) is 2.71. The predicted octanol–water partition coefficient (Wildman–Crippen LogP) is 2.46. The van der Waals surface area contributed by atoms with Crippen LogP contribution in [-0.4, -0.2) is 30.4 Å². The zero-order valence-corrected chi connectivity index (χ0v) is 11.5. The maximum atomic E-state index is 13.0. The minimum atomic E-state index is -0.858. The molecule has 0 radical (unpaired) electrons. The van der Waals surface area contributed by atoms with E-state index in [2.05, 4.69) is 5.32 Å². The van der Waals surface area contributed by atoms with E-state index >= 15 is 0 Å². The Morgan fingerprint density at radius 3 is 2.45 bits per heavy atom. The second kappa shape index (κ2) is 7.33. The number of hydrogen-bond donors (Lipinski definition) is 1. The van der Waals surface area contributed by atoms with Crippen LogP contribution in [0.2, 0.25) is 0 Å². The summed E-state index contributed by atoms with van der Waals surface area (Å²) in [7, 11) is 0. The van der Waals surface area contributed by atoms with Crippen molar-refractivity contribution in [2.24, 2.45) is 0 Å². The van der Waals surface area contributed by atoms with Crippen molar-refractivity contribution in [3.63, 3.8) is 0 Å². The summed E-state index contributed by atoms with van der Waals surface area (Å²) in [6.07, 6.45) is 4.50. The van der Waals surface area contributed by atoms with Gasteiger partial charge >= 0.3 is 0 Å². The number of hydrogen-bond acceptors (Lipinski definition) is 2. The molecule has 0 aromatic heterocycles. The largest absolute Gasteiger partial charge is 0.342 e. The number of carbonyl (C=O) groups is 1. The Bertz CT molecular complexity index is 457. The van der Waals surface area contributed by atoms with Crippen LogP contribution >= 0.6 is 0 Å². The molecule has 5 heteroatoms. The predicted molar refractivity (Wildman–Crippen MR) is 73.1 cm³/mol. The smallest absolute Gasteiger partial charge is 0.236 e. The average molecular weight is 282 g/mol. The topological polar surface area (TPSA) is 32.3 Å². The van der Waals surface area contributed by atoms with E-state index in [0.29, 0.717) is 12.1 Å². The Balaban J connectivity index is 1.76. The number of amides is 1. The maximum Gasteiger partial charge on any atom is 0.236 e. The molecule has 1 aromatic carbocycles. The van der Waals surface area contributed by atoms with Crippen LogP contribution in [0.3, 0.4) is 0 Å². The second-order valence-corrected chi connectivity index (χ2v) is 5.15. The van der Waals surface area contributed by atoms with Gasteiger partial charge in [0.05, 0.1) is 6.54 Å². The van der Waals surface area contributed by atoms with Crippen molar-refractivity contribution in [3.05, 3.63) is 35.4 Å². The highest BCUT2D eigenvalue weighted by molar-refractivity contribution is 5.78. The fourth-order valence-corrected chi connectivity index (χ4v) is 2.40. The van der Waals surface area contributed by atoms with Gasteiger partial charge in [0, 0.05) is 19.6 Å². The summed E-state index contributed by atoms with van der Waals surface area (Å²) in [5.41, 5.74) is 0.632. The summed E-state index contributed by atoms with van der Waals surface area (Å²) in [5, 5.41) is 2.99. The fraction of sp³-hybridized carbons (Fsp3) is 0.533. The van der Waals surface area contributed by atoms with Gasteiger partial charge in [-0.1, -0.05) is 18.9 Å².